The van der Waals surface area contributed by atoms with Gasteiger partial charge in [0.2, 0.25) is 0 Å². The molecule has 4 aromatic heterocycles. The van der Waals surface area contributed by atoms with Gasteiger partial charge in [-0.2, -0.15) is 24.5 Å². The van der Waals surface area contributed by atoms with E-state index in [9.17, 15) is 15.8 Å². The highest BCUT2D eigenvalue weighted by molar-refractivity contribution is 7.30. The Balaban J connectivity index is 1.35. The zero-order valence-electron chi connectivity index (χ0n) is 27.9. The van der Waals surface area contributed by atoms with E-state index >= 15 is 0 Å². The molecule has 250 valence electrons. The predicted octanol–water partition coefficient (Wildman–Crippen LogP) is 10.7. The Labute approximate surface area is 310 Å². The van der Waals surface area contributed by atoms with Gasteiger partial charge in [-0.05, 0) is 79.7 Å². The molecule has 52 heavy (non-hydrogen) atoms. The smallest absolute Gasteiger partial charge is 0.148 e. The highest BCUT2D eigenvalue weighted by Crippen LogP contribution is 2.50. The normalized spacial score (nSPS) is 10.9. The number of fused-ring (bicyclic) bond motifs is 4. The largest absolute Gasteiger partial charge is 0.497 e. The Kier molecular flexibility index (Phi) is 8.38. The van der Waals surface area contributed by atoms with Gasteiger partial charge < -0.3 is 18.9 Å². The predicted molar refractivity (Wildman–Crippen MR) is 209 cm³/mol. The van der Waals surface area contributed by atoms with Gasteiger partial charge in [-0.15, -0.1) is 22.7 Å². The van der Waals surface area contributed by atoms with E-state index in [2.05, 4.69) is 85.8 Å². The summed E-state index contributed by atoms with van der Waals surface area (Å²) in [6.45, 7) is 2.08. The van der Waals surface area contributed by atoms with Gasteiger partial charge in [-0.1, -0.05) is 29.8 Å². The lowest BCUT2D eigenvalue weighted by atomic mass is 9.98. The molecule has 0 N–H and O–H groups in total. The van der Waals surface area contributed by atoms with Gasteiger partial charge in [0.15, 0.2) is 0 Å². The van der Waals surface area contributed by atoms with E-state index in [1.807, 2.05) is 48.5 Å². The summed E-state index contributed by atoms with van der Waals surface area (Å²) in [6, 6.07) is 38.4. The van der Waals surface area contributed by atoms with Crippen LogP contribution in [0.5, 0.6) is 11.5 Å². The Bertz CT molecular complexity index is 2740. The fourth-order valence-electron chi connectivity index (χ4n) is 6.27. The molecule has 0 amide bonds. The van der Waals surface area contributed by atoms with Gasteiger partial charge in [0.25, 0.3) is 0 Å². The maximum Gasteiger partial charge on any atom is 0.148 e. The van der Waals surface area contributed by atoms with Crippen molar-refractivity contribution in [3.05, 3.63) is 114 Å². The van der Waals surface area contributed by atoms with E-state index in [0.717, 1.165) is 76.2 Å². The van der Waals surface area contributed by atoms with Gasteiger partial charge >= 0.3 is 0 Å². The number of allylic oxidation sites excluding steroid dienone is 2. The molecular weight excluding hydrogens is 707 g/mol. The molecule has 4 aromatic carbocycles. The molecule has 0 aliphatic carbocycles. The van der Waals surface area contributed by atoms with Crippen molar-refractivity contribution in [1.29, 1.82) is 15.8 Å². The zero-order valence-corrected chi connectivity index (χ0v) is 30.4. The molecule has 0 aliphatic rings. The molecule has 9 nitrogen and oxygen atoms in total. The topological polar surface area (TPSA) is 124 Å². The highest BCUT2D eigenvalue weighted by atomic mass is 32.1. The van der Waals surface area contributed by atoms with E-state index in [4.69, 9.17) is 9.47 Å². The third kappa shape index (κ3) is 5.41. The second-order valence-electron chi connectivity index (χ2n) is 11.7. The number of ether oxygens (including phenoxy) is 2. The molecule has 0 bridgehead atoms. The number of anilines is 3. The van der Waals surface area contributed by atoms with Crippen molar-refractivity contribution in [2.24, 2.45) is 0 Å². The first kappa shape index (κ1) is 32.7. The van der Waals surface area contributed by atoms with Gasteiger partial charge in [0.05, 0.1) is 52.0 Å². The first-order valence-corrected chi connectivity index (χ1v) is 18.3. The summed E-state index contributed by atoms with van der Waals surface area (Å²) >= 11 is 4.42. The van der Waals surface area contributed by atoms with Crippen LogP contribution in [0.3, 0.4) is 0 Å². The van der Waals surface area contributed by atoms with Crippen LogP contribution in [0, 0.1) is 40.9 Å². The summed E-state index contributed by atoms with van der Waals surface area (Å²) in [5.41, 5.74) is 8.45. The minimum Gasteiger partial charge on any atom is -0.497 e. The van der Waals surface area contributed by atoms with Crippen molar-refractivity contribution in [2.45, 2.75) is 6.92 Å². The van der Waals surface area contributed by atoms with Crippen LogP contribution in [-0.2, 0) is 0 Å². The lowest BCUT2D eigenvalue weighted by Gasteiger charge is -2.24. The number of hydrogen-bond donors (Lipinski definition) is 0. The summed E-state index contributed by atoms with van der Waals surface area (Å²) in [7, 11) is 3.33. The van der Waals surface area contributed by atoms with Crippen molar-refractivity contribution >= 4 is 87.8 Å². The number of aryl methyl sites for hydroxylation is 1. The van der Waals surface area contributed by atoms with Crippen LogP contribution in [0.15, 0.2) is 103 Å². The van der Waals surface area contributed by atoms with Crippen molar-refractivity contribution in [3.63, 3.8) is 0 Å². The van der Waals surface area contributed by atoms with E-state index in [-0.39, 0.29) is 11.1 Å². The van der Waals surface area contributed by atoms with Crippen LogP contribution < -0.4 is 14.4 Å². The summed E-state index contributed by atoms with van der Waals surface area (Å²) in [5, 5.41) is 29.9. The summed E-state index contributed by atoms with van der Waals surface area (Å²) < 4.78 is 24.6. The van der Waals surface area contributed by atoms with E-state index in [0.29, 0.717) is 16.6 Å². The SMILES string of the molecule is COc1ccc(N(c2ccc(OC)cc2)c2cc3c(s2)c2sc(-c4ccc(C(C#N)=C(C#N)C#N)c5nsnc45)cc2n3-c2ccc(C)cc2)cc1. The van der Waals surface area contributed by atoms with Gasteiger partial charge in [0.1, 0.15) is 51.3 Å². The number of methoxy groups -OCH3 is 2. The average molecular weight is 732 g/mol. The number of nitriles is 3. The van der Waals surface area contributed by atoms with Crippen LogP contribution in [0.4, 0.5) is 16.4 Å². The Morgan fingerprint density at radius 1 is 0.692 bits per heavy atom. The van der Waals surface area contributed by atoms with Crippen LogP contribution in [0.25, 0.3) is 53.2 Å². The van der Waals surface area contributed by atoms with Crippen molar-refractivity contribution in [3.8, 4) is 45.8 Å². The third-order valence-electron chi connectivity index (χ3n) is 8.81. The van der Waals surface area contributed by atoms with Gasteiger partial charge in [-0.3, -0.25) is 0 Å². The minimum atomic E-state index is -0.257. The second-order valence-corrected chi connectivity index (χ2v) is 14.3. The third-order valence-corrected chi connectivity index (χ3v) is 11.8. The van der Waals surface area contributed by atoms with Crippen molar-refractivity contribution < 1.29 is 9.47 Å². The molecule has 0 spiro atoms. The number of nitrogens with zero attached hydrogens (tertiary/aromatic N) is 7. The number of hydrogen-bond acceptors (Lipinski definition) is 11. The zero-order chi connectivity index (χ0) is 35.9. The Hall–Kier alpha value is -6.49. The van der Waals surface area contributed by atoms with E-state index in [1.165, 1.54) is 5.56 Å². The Morgan fingerprint density at radius 2 is 1.29 bits per heavy atom. The Morgan fingerprint density at radius 3 is 1.88 bits per heavy atom. The van der Waals surface area contributed by atoms with Gasteiger partial charge in [-0.25, -0.2) is 0 Å². The van der Waals surface area contributed by atoms with Crippen molar-refractivity contribution in [2.75, 3.05) is 19.1 Å². The molecule has 0 unspecified atom stereocenters. The quantitative estimate of drug-likeness (QED) is 0.141. The molecule has 0 saturated heterocycles. The highest BCUT2D eigenvalue weighted by Gasteiger charge is 2.25. The molecular formula is C40H25N7O2S3. The second kappa shape index (κ2) is 13.3. The van der Waals surface area contributed by atoms with Gasteiger partial charge in [0, 0.05) is 33.1 Å². The number of benzene rings is 4. The summed E-state index contributed by atoms with van der Waals surface area (Å²) in [4.78, 5) is 3.22. The molecule has 4 heterocycles. The molecule has 0 radical (unpaired) electrons. The maximum absolute atomic E-state index is 9.88. The number of thiophene rings is 2. The first-order valence-electron chi connectivity index (χ1n) is 15.9. The molecule has 0 saturated carbocycles. The molecule has 0 atom stereocenters. The lowest BCUT2D eigenvalue weighted by Crippen LogP contribution is -2.08. The molecule has 0 aliphatic heterocycles. The molecule has 0 fully saturated rings. The maximum atomic E-state index is 9.88. The van der Waals surface area contributed by atoms with E-state index in [1.54, 1.807) is 43.0 Å². The van der Waals surface area contributed by atoms with E-state index < -0.39 is 0 Å². The van der Waals surface area contributed by atoms with Crippen molar-refractivity contribution in [1.82, 2.24) is 13.3 Å². The van der Waals surface area contributed by atoms with Crippen LogP contribution in [0.2, 0.25) is 0 Å². The fraction of sp³-hybridized carbons (Fsp3) is 0.0750. The van der Waals surface area contributed by atoms with Crippen LogP contribution in [-0.4, -0.2) is 27.5 Å². The first-order chi connectivity index (χ1) is 25.5. The molecule has 12 heteroatoms. The average Bonchev–Trinajstić information content (AvgIpc) is 3.98. The number of aromatic nitrogens is 3. The van der Waals surface area contributed by atoms with Crippen LogP contribution >= 0.6 is 34.4 Å². The summed E-state index contributed by atoms with van der Waals surface area (Å²) in [6.07, 6.45) is 0. The standard InChI is InChI=1S/C40H25N7O2S3/c1-23-4-6-27(7-5-23)47-33-18-35(31-17-16-30(37-38(31)45-52-44-37)32(22-43)24(20-41)21-42)50-39(33)40-34(47)19-36(51-40)46(25-8-12-28(48-2)13-9-25)26-10-14-29(49-3)15-11-26/h4-19H,1-3H3. The summed E-state index contributed by atoms with van der Waals surface area (Å²) in [5.74, 6) is 1.56. The minimum absolute atomic E-state index is 0.0116. The van der Waals surface area contributed by atoms with Crippen LogP contribution in [0.1, 0.15) is 11.1 Å². The molecule has 8 aromatic rings. The fourth-order valence-corrected chi connectivity index (χ4v) is 9.35. The molecule has 8 rings (SSSR count). The number of rotatable bonds is 8. The monoisotopic (exact) mass is 731 g/mol. The lowest BCUT2D eigenvalue weighted by molar-refractivity contribution is 0.415.